The number of hydrogen-bond donors (Lipinski definition) is 0. The molecule has 0 saturated carbocycles. The molecule has 0 nitrogen and oxygen atoms in total. The minimum absolute atomic E-state index is 0. The van der Waals surface area contributed by atoms with E-state index in [2.05, 4.69) is 112 Å². The summed E-state index contributed by atoms with van der Waals surface area (Å²) < 4.78 is 0. The summed E-state index contributed by atoms with van der Waals surface area (Å²) in [6.07, 6.45) is 0. The van der Waals surface area contributed by atoms with Crippen LogP contribution in [-0.2, 0) is 26.2 Å². The van der Waals surface area contributed by atoms with E-state index >= 15 is 0 Å². The Morgan fingerprint density at radius 3 is 1.26 bits per heavy atom. The zero-order valence-corrected chi connectivity index (χ0v) is 27.4. The first-order chi connectivity index (χ1) is 14.8. The van der Waals surface area contributed by atoms with Crippen LogP contribution in [0.4, 0.5) is 0 Å². The van der Waals surface area contributed by atoms with Crippen LogP contribution in [0.3, 0.4) is 0 Å². The van der Waals surface area contributed by atoms with Crippen molar-refractivity contribution in [3.63, 3.8) is 0 Å². The average molecular weight is 592 g/mol. The zero-order chi connectivity index (χ0) is 23.6. The molecule has 0 aliphatic carbocycles. The Labute approximate surface area is 244 Å². The molecule has 0 heterocycles. The van der Waals surface area contributed by atoms with E-state index in [1.54, 1.807) is 0 Å². The van der Waals surface area contributed by atoms with Gasteiger partial charge in [0.1, 0.15) is 0 Å². The smallest absolute Gasteiger partial charge is 1.00 e. The molecule has 4 heteroatoms. The minimum atomic E-state index is 0. The maximum atomic E-state index is 3.18. The molecule has 0 spiro atoms. The molecule has 0 aromatic heterocycles. The van der Waals surface area contributed by atoms with Crippen molar-refractivity contribution in [3.8, 4) is 0 Å². The first kappa shape index (κ1) is 37.9. The molecule has 0 unspecified atom stereocenters. The van der Waals surface area contributed by atoms with Gasteiger partial charge in [-0.3, -0.25) is 0 Å². The fourth-order valence-electron chi connectivity index (χ4n) is 3.82. The summed E-state index contributed by atoms with van der Waals surface area (Å²) in [5.41, 5.74) is 5.66. The van der Waals surface area contributed by atoms with E-state index < -0.39 is 0 Å². The molecule has 4 aromatic carbocycles. The van der Waals surface area contributed by atoms with Gasteiger partial charge in [-0.15, -0.1) is 69.1 Å². The molecule has 34 heavy (non-hydrogen) atoms. The third-order valence-corrected chi connectivity index (χ3v) is 5.10. The van der Waals surface area contributed by atoms with Crippen molar-refractivity contribution < 1.29 is 51.0 Å². The topological polar surface area (TPSA) is 0 Å². The molecule has 0 aliphatic rings. The van der Waals surface area contributed by atoms with E-state index in [-0.39, 0.29) is 51.0 Å². The first-order valence-electron chi connectivity index (χ1n) is 11.7. The van der Waals surface area contributed by atoms with E-state index in [0.29, 0.717) is 11.8 Å². The molecular weight excluding hydrogens is 551 g/mol. The summed E-state index contributed by atoms with van der Waals surface area (Å²) in [4.78, 5) is 0. The van der Waals surface area contributed by atoms with E-state index in [9.17, 15) is 0 Å². The van der Waals surface area contributed by atoms with Gasteiger partial charge in [0.05, 0.1) is 0 Å². The summed E-state index contributed by atoms with van der Waals surface area (Å²) >= 11 is 0. The molecule has 0 bridgehead atoms. The van der Waals surface area contributed by atoms with Gasteiger partial charge in [0.15, 0.2) is 0 Å². The van der Waals surface area contributed by atoms with Crippen molar-refractivity contribution in [2.75, 3.05) is 0 Å². The SMILES string of the molecule is CC.CC[Si].Cc1cc2c(C(C)C)cccc2[cH-]1.Cc1cc2c(C(C)C)cccc2[cH-]1.[Cl-].[Cl-].[Zr+4]. The Kier molecular flexibility index (Phi) is 21.7. The van der Waals surface area contributed by atoms with Crippen LogP contribution in [0.5, 0.6) is 0 Å². The number of benzene rings is 2. The van der Waals surface area contributed by atoms with Gasteiger partial charge in [0.2, 0.25) is 0 Å². The Morgan fingerprint density at radius 2 is 1.00 bits per heavy atom. The maximum absolute atomic E-state index is 3.18. The molecule has 0 aliphatic heterocycles. The predicted octanol–water partition coefficient (Wildman–Crippen LogP) is 3.61. The quantitative estimate of drug-likeness (QED) is 0.247. The second kappa shape index (κ2) is 19.5. The molecule has 0 atom stereocenters. The van der Waals surface area contributed by atoms with Crippen molar-refractivity contribution in [1.82, 2.24) is 0 Å². The van der Waals surface area contributed by atoms with Crippen LogP contribution in [0.25, 0.3) is 21.5 Å². The number of fused-ring (bicyclic) bond motifs is 2. The fraction of sp³-hybridized carbons (Fsp3) is 0.400. The summed E-state index contributed by atoms with van der Waals surface area (Å²) in [6, 6.07) is 23.3. The molecule has 183 valence electrons. The maximum Gasteiger partial charge on any atom is 4.00 e. The molecule has 4 rings (SSSR count). The van der Waals surface area contributed by atoms with Crippen LogP contribution in [0.15, 0.2) is 60.7 Å². The second-order valence-corrected chi connectivity index (χ2v) is 9.14. The predicted molar refractivity (Wildman–Crippen MR) is 144 cm³/mol. The van der Waals surface area contributed by atoms with Gasteiger partial charge in [-0.1, -0.05) is 91.6 Å². The standard InChI is InChI=1S/2C13H15.C2H5Si.C2H6.2ClH.Zr/c2*1-9(2)12-6-4-5-11-7-10(3)8-13(11)12;1-2-3;1-2;;;/h2*4-9H,1-3H3;2H2,1H3;1-2H3;2*1H;/q2*-1;;;;;+4/p-2. The van der Waals surface area contributed by atoms with Crippen molar-refractivity contribution >= 4 is 31.8 Å². The van der Waals surface area contributed by atoms with Crippen LogP contribution in [0.2, 0.25) is 6.04 Å². The Morgan fingerprint density at radius 1 is 0.706 bits per heavy atom. The third kappa shape index (κ3) is 10.9. The summed E-state index contributed by atoms with van der Waals surface area (Å²) in [5.74, 6) is 1.23. The molecule has 3 radical (unpaired) electrons. The van der Waals surface area contributed by atoms with E-state index in [1.807, 2.05) is 20.8 Å². The molecule has 0 N–H and O–H groups in total. The number of aryl methyl sites for hydroxylation is 2. The molecule has 0 amide bonds. The largest absolute Gasteiger partial charge is 4.00 e. The van der Waals surface area contributed by atoms with Crippen molar-refractivity contribution in [1.29, 1.82) is 0 Å². The Bertz CT molecular complexity index is 961. The zero-order valence-electron chi connectivity index (χ0n) is 22.4. The van der Waals surface area contributed by atoms with Gasteiger partial charge in [0.25, 0.3) is 0 Å². The molecule has 0 fully saturated rings. The van der Waals surface area contributed by atoms with Crippen molar-refractivity contribution in [2.45, 2.75) is 80.2 Å². The summed E-state index contributed by atoms with van der Waals surface area (Å²) in [7, 11) is 3.18. The summed E-state index contributed by atoms with van der Waals surface area (Å²) in [6.45, 7) is 19.3. The van der Waals surface area contributed by atoms with Gasteiger partial charge in [-0.25, -0.2) is 0 Å². The van der Waals surface area contributed by atoms with Crippen LogP contribution in [0.1, 0.15) is 82.6 Å². The third-order valence-electron chi connectivity index (χ3n) is 5.10. The van der Waals surface area contributed by atoms with Gasteiger partial charge in [-0.2, -0.15) is 12.1 Å². The van der Waals surface area contributed by atoms with Crippen molar-refractivity contribution in [2.24, 2.45) is 0 Å². The Balaban J connectivity index is -0.000000443. The second-order valence-electron chi connectivity index (χ2n) is 8.43. The van der Waals surface area contributed by atoms with E-state index in [0.717, 1.165) is 6.04 Å². The van der Waals surface area contributed by atoms with Gasteiger partial charge in [0, 0.05) is 10.2 Å². The molecule has 4 aromatic rings. The molecule has 0 saturated heterocycles. The number of halogens is 2. The average Bonchev–Trinajstić information content (AvgIpc) is 3.30. The van der Waals surface area contributed by atoms with Gasteiger partial charge < -0.3 is 24.8 Å². The molecular formula is C30H41Cl2SiZr. The normalized spacial score (nSPS) is 9.41. The van der Waals surface area contributed by atoms with Crippen LogP contribution in [0, 0.1) is 13.8 Å². The van der Waals surface area contributed by atoms with Crippen LogP contribution < -0.4 is 24.8 Å². The minimum Gasteiger partial charge on any atom is -1.00 e. The van der Waals surface area contributed by atoms with Crippen LogP contribution >= 0.6 is 0 Å². The number of rotatable bonds is 2. The van der Waals surface area contributed by atoms with Crippen LogP contribution in [-0.4, -0.2) is 10.2 Å². The monoisotopic (exact) mass is 589 g/mol. The van der Waals surface area contributed by atoms with E-state index in [1.165, 1.54) is 43.8 Å². The van der Waals surface area contributed by atoms with Gasteiger partial charge >= 0.3 is 26.2 Å². The van der Waals surface area contributed by atoms with Gasteiger partial charge in [-0.05, 0) is 11.8 Å². The Hall–Kier alpha value is -0.660. The van der Waals surface area contributed by atoms with E-state index in [4.69, 9.17) is 0 Å². The number of hydrogen-bond acceptors (Lipinski definition) is 0. The fourth-order valence-corrected chi connectivity index (χ4v) is 3.82. The summed E-state index contributed by atoms with van der Waals surface area (Å²) in [5, 5.41) is 5.61. The van der Waals surface area contributed by atoms with Crippen molar-refractivity contribution in [3.05, 3.63) is 82.9 Å². The first-order valence-corrected chi connectivity index (χ1v) is 12.5.